The zero-order valence-electron chi connectivity index (χ0n) is 14.5. The van der Waals surface area contributed by atoms with Gasteiger partial charge in [-0.25, -0.2) is 12.8 Å². The van der Waals surface area contributed by atoms with Crippen LogP contribution < -0.4 is 5.32 Å². The number of rotatable bonds is 6. The predicted molar refractivity (Wildman–Crippen MR) is 104 cm³/mol. The van der Waals surface area contributed by atoms with E-state index >= 15 is 0 Å². The van der Waals surface area contributed by atoms with E-state index in [-0.39, 0.29) is 16.6 Å². The van der Waals surface area contributed by atoms with Gasteiger partial charge in [-0.2, -0.15) is 4.31 Å². The first-order valence-electron chi connectivity index (χ1n) is 8.68. The van der Waals surface area contributed by atoms with E-state index in [4.69, 9.17) is 11.6 Å². The van der Waals surface area contributed by atoms with E-state index in [1.807, 2.05) is 0 Å². The fraction of sp³-hybridized carbons (Fsp3) is 0.389. The smallest absolute Gasteiger partial charge is 0.252 e. The van der Waals surface area contributed by atoms with Crippen LogP contribution in [0, 0.1) is 5.82 Å². The van der Waals surface area contributed by atoms with Crippen molar-refractivity contribution >= 4 is 38.9 Å². The summed E-state index contributed by atoms with van der Waals surface area (Å²) >= 11 is 7.11. The van der Waals surface area contributed by atoms with Crippen LogP contribution in [0.3, 0.4) is 0 Å². The molecule has 1 amide bonds. The highest BCUT2D eigenvalue weighted by atomic mass is 35.5. The molecule has 3 rings (SSSR count). The lowest BCUT2D eigenvalue weighted by atomic mass is 10.0. The van der Waals surface area contributed by atoms with E-state index < -0.39 is 21.7 Å². The Bertz CT molecular complexity index is 903. The summed E-state index contributed by atoms with van der Waals surface area (Å²) in [5.74, 6) is -0.906. The van der Waals surface area contributed by atoms with Gasteiger partial charge in [0, 0.05) is 19.1 Å². The molecule has 27 heavy (non-hydrogen) atoms. The third-order valence-corrected chi connectivity index (χ3v) is 8.21. The molecule has 1 saturated heterocycles. The van der Waals surface area contributed by atoms with E-state index in [9.17, 15) is 17.6 Å². The lowest BCUT2D eigenvalue weighted by Gasteiger charge is -2.34. The number of amides is 1. The number of nitrogens with one attached hydrogen (secondary N) is 1. The monoisotopic (exact) mass is 430 g/mol. The molecular weight excluding hydrogens is 411 g/mol. The Morgan fingerprint density at radius 3 is 2.85 bits per heavy atom. The van der Waals surface area contributed by atoms with Crippen molar-refractivity contribution in [3.8, 4) is 0 Å². The average molecular weight is 431 g/mol. The van der Waals surface area contributed by atoms with E-state index in [2.05, 4.69) is 5.32 Å². The maximum atomic E-state index is 13.1. The summed E-state index contributed by atoms with van der Waals surface area (Å²) in [5, 5.41) is 4.55. The van der Waals surface area contributed by atoms with Gasteiger partial charge in [-0.3, -0.25) is 4.79 Å². The third-order valence-electron chi connectivity index (χ3n) is 4.57. The number of hydrogen-bond acceptors (Lipinski definition) is 4. The number of sulfonamides is 1. The summed E-state index contributed by atoms with van der Waals surface area (Å²) in [6.07, 6.45) is 3.06. The van der Waals surface area contributed by atoms with Crippen LogP contribution in [0.15, 0.2) is 39.9 Å². The minimum atomic E-state index is -3.51. The minimum absolute atomic E-state index is 0.0482. The SMILES string of the molecule is O=C(NCCC1CCCCN1S(=O)(=O)c1cccs1)c1ccc(F)cc1Cl. The minimum Gasteiger partial charge on any atom is -0.352 e. The van der Waals surface area contributed by atoms with Crippen molar-refractivity contribution in [3.63, 3.8) is 0 Å². The Morgan fingerprint density at radius 2 is 2.15 bits per heavy atom. The summed E-state index contributed by atoms with van der Waals surface area (Å²) in [4.78, 5) is 12.2. The molecule has 9 heteroatoms. The number of benzene rings is 1. The first-order valence-corrected chi connectivity index (χ1v) is 11.4. The molecule has 0 saturated carbocycles. The molecule has 1 aliphatic rings. The van der Waals surface area contributed by atoms with Crippen LogP contribution in [0.4, 0.5) is 4.39 Å². The first-order chi connectivity index (χ1) is 12.9. The molecule has 1 N–H and O–H groups in total. The Morgan fingerprint density at radius 1 is 1.33 bits per heavy atom. The number of piperidine rings is 1. The molecule has 5 nitrogen and oxygen atoms in total. The largest absolute Gasteiger partial charge is 0.352 e. The van der Waals surface area contributed by atoms with Gasteiger partial charge in [0.05, 0.1) is 10.6 Å². The summed E-state index contributed by atoms with van der Waals surface area (Å²) in [7, 11) is -3.51. The Kier molecular flexibility index (Phi) is 6.52. The van der Waals surface area contributed by atoms with Gasteiger partial charge in [-0.15, -0.1) is 11.3 Å². The normalized spacial score (nSPS) is 18.4. The fourth-order valence-corrected chi connectivity index (χ4v) is 6.32. The number of carbonyl (C=O) groups excluding carboxylic acids is 1. The maximum absolute atomic E-state index is 13.1. The number of carbonyl (C=O) groups is 1. The second-order valence-electron chi connectivity index (χ2n) is 6.37. The topological polar surface area (TPSA) is 66.5 Å². The van der Waals surface area contributed by atoms with Gasteiger partial charge < -0.3 is 5.32 Å². The first kappa shape index (κ1) is 20.3. The molecule has 1 aromatic heterocycles. The second kappa shape index (κ2) is 8.68. The van der Waals surface area contributed by atoms with Crippen molar-refractivity contribution < 1.29 is 17.6 Å². The van der Waals surface area contributed by atoms with Gasteiger partial charge in [-0.05, 0) is 48.9 Å². The lowest BCUT2D eigenvalue weighted by Crippen LogP contribution is -2.44. The molecule has 0 radical (unpaired) electrons. The third kappa shape index (κ3) is 4.68. The highest BCUT2D eigenvalue weighted by molar-refractivity contribution is 7.91. The molecule has 1 aliphatic heterocycles. The molecule has 0 bridgehead atoms. The summed E-state index contributed by atoms with van der Waals surface area (Å²) in [6.45, 7) is 0.802. The van der Waals surface area contributed by atoms with Crippen molar-refractivity contribution in [1.29, 1.82) is 0 Å². The Labute approximate surface area is 167 Å². The second-order valence-corrected chi connectivity index (χ2v) is 9.84. The molecule has 0 aliphatic carbocycles. The number of hydrogen-bond donors (Lipinski definition) is 1. The van der Waals surface area contributed by atoms with Crippen molar-refractivity contribution in [2.75, 3.05) is 13.1 Å². The number of thiophene rings is 1. The molecule has 1 aromatic carbocycles. The van der Waals surface area contributed by atoms with Crippen molar-refractivity contribution in [2.45, 2.75) is 35.9 Å². The van der Waals surface area contributed by atoms with Gasteiger partial charge in [0.15, 0.2) is 0 Å². The molecule has 2 aromatic rings. The predicted octanol–water partition coefficient (Wildman–Crippen LogP) is 3.90. The molecular formula is C18H20ClFN2O3S2. The standard InChI is InChI=1S/C18H20ClFN2O3S2/c19-16-12-13(20)6-7-15(16)18(23)21-9-8-14-4-1-2-10-22(14)27(24,25)17-5-3-11-26-17/h3,5-7,11-12,14H,1-2,4,8-10H2,(H,21,23). The molecule has 1 unspecified atom stereocenters. The molecule has 1 atom stereocenters. The van der Waals surface area contributed by atoms with Crippen LogP contribution in [0.25, 0.3) is 0 Å². The van der Waals surface area contributed by atoms with Crippen molar-refractivity contribution in [2.24, 2.45) is 0 Å². The van der Waals surface area contributed by atoms with Crippen LogP contribution in [-0.4, -0.2) is 37.8 Å². The van der Waals surface area contributed by atoms with E-state index in [1.165, 1.54) is 23.5 Å². The van der Waals surface area contributed by atoms with Crippen LogP contribution in [-0.2, 0) is 10.0 Å². The van der Waals surface area contributed by atoms with Crippen molar-refractivity contribution in [1.82, 2.24) is 9.62 Å². The molecule has 2 heterocycles. The maximum Gasteiger partial charge on any atom is 0.252 e. The Balaban J connectivity index is 1.63. The van der Waals surface area contributed by atoms with E-state index in [0.29, 0.717) is 23.7 Å². The average Bonchev–Trinajstić information content (AvgIpc) is 3.17. The highest BCUT2D eigenvalue weighted by Gasteiger charge is 2.33. The molecule has 0 spiro atoms. The highest BCUT2D eigenvalue weighted by Crippen LogP contribution is 2.29. The van der Waals surface area contributed by atoms with Gasteiger partial charge in [-0.1, -0.05) is 24.1 Å². The van der Waals surface area contributed by atoms with E-state index in [1.54, 1.807) is 21.8 Å². The number of halogens is 2. The Hall–Kier alpha value is -1.48. The lowest BCUT2D eigenvalue weighted by molar-refractivity contribution is 0.0949. The van der Waals surface area contributed by atoms with Crippen LogP contribution in [0.2, 0.25) is 5.02 Å². The summed E-state index contributed by atoms with van der Waals surface area (Å²) in [6, 6.07) is 6.79. The van der Waals surface area contributed by atoms with Crippen molar-refractivity contribution in [3.05, 3.63) is 52.1 Å². The van der Waals surface area contributed by atoms with Gasteiger partial charge in [0.1, 0.15) is 10.0 Å². The van der Waals surface area contributed by atoms with E-state index in [0.717, 1.165) is 25.3 Å². The summed E-state index contributed by atoms with van der Waals surface area (Å²) < 4.78 is 40.7. The zero-order valence-corrected chi connectivity index (χ0v) is 16.9. The van der Waals surface area contributed by atoms with Gasteiger partial charge >= 0.3 is 0 Å². The molecule has 1 fully saturated rings. The number of nitrogens with zero attached hydrogens (tertiary/aromatic N) is 1. The van der Waals surface area contributed by atoms with Crippen LogP contribution >= 0.6 is 22.9 Å². The van der Waals surface area contributed by atoms with Crippen LogP contribution in [0.1, 0.15) is 36.0 Å². The van der Waals surface area contributed by atoms with Gasteiger partial charge in [0.2, 0.25) is 0 Å². The van der Waals surface area contributed by atoms with Crippen LogP contribution in [0.5, 0.6) is 0 Å². The summed E-state index contributed by atoms with van der Waals surface area (Å²) in [5.41, 5.74) is 0.199. The quantitative estimate of drug-likeness (QED) is 0.755. The molecule has 146 valence electrons. The zero-order chi connectivity index (χ0) is 19.4. The fourth-order valence-electron chi connectivity index (χ4n) is 3.23. The van der Waals surface area contributed by atoms with Gasteiger partial charge in [0.25, 0.3) is 15.9 Å².